The standard InChI is InChI=1S/C44H31N3/c1-44(2)39-15-9-8-13-35(39)38-26-37-31(25-40(38)44)17-16-30-24-32(18-19-34(30)37)43-46-41(29-10-4-3-5-11-29)27-42(47-43)36-14-7-6-12-33(36)28-20-22-45-23-21-28/h3-27H,1-2H3. The third kappa shape index (κ3) is 4.46. The van der Waals surface area contributed by atoms with Gasteiger partial charge in [-0.1, -0.05) is 117 Å². The predicted molar refractivity (Wildman–Crippen MR) is 194 cm³/mol. The van der Waals surface area contributed by atoms with E-state index in [1.54, 1.807) is 0 Å². The van der Waals surface area contributed by atoms with E-state index < -0.39 is 0 Å². The summed E-state index contributed by atoms with van der Waals surface area (Å²) in [5.74, 6) is 0.706. The maximum Gasteiger partial charge on any atom is 0.160 e. The summed E-state index contributed by atoms with van der Waals surface area (Å²) in [4.78, 5) is 14.6. The van der Waals surface area contributed by atoms with Crippen LogP contribution in [-0.2, 0) is 5.41 Å². The topological polar surface area (TPSA) is 38.7 Å². The summed E-state index contributed by atoms with van der Waals surface area (Å²) in [5.41, 5.74) is 12.6. The fourth-order valence-electron chi connectivity index (χ4n) is 7.36. The molecule has 2 aromatic heterocycles. The van der Waals surface area contributed by atoms with E-state index in [2.05, 4.69) is 140 Å². The van der Waals surface area contributed by atoms with Gasteiger partial charge in [0, 0.05) is 34.5 Å². The van der Waals surface area contributed by atoms with Crippen LogP contribution in [0.3, 0.4) is 0 Å². The highest BCUT2D eigenvalue weighted by Crippen LogP contribution is 2.50. The van der Waals surface area contributed by atoms with Crippen molar-refractivity contribution in [1.29, 1.82) is 0 Å². The molecule has 0 saturated carbocycles. The number of benzene rings is 6. The Balaban J connectivity index is 1.22. The van der Waals surface area contributed by atoms with Gasteiger partial charge in [0.05, 0.1) is 11.4 Å². The molecule has 0 atom stereocenters. The Labute approximate surface area is 274 Å². The molecule has 0 amide bonds. The molecule has 0 aliphatic heterocycles. The summed E-state index contributed by atoms with van der Waals surface area (Å²) in [6.07, 6.45) is 3.67. The summed E-state index contributed by atoms with van der Waals surface area (Å²) < 4.78 is 0. The lowest BCUT2D eigenvalue weighted by Crippen LogP contribution is -2.14. The quantitative estimate of drug-likeness (QED) is 0.188. The number of aromatic nitrogens is 3. The Morgan fingerprint density at radius 3 is 1.91 bits per heavy atom. The van der Waals surface area contributed by atoms with Gasteiger partial charge in [-0.15, -0.1) is 0 Å². The number of hydrogen-bond acceptors (Lipinski definition) is 3. The van der Waals surface area contributed by atoms with Crippen molar-refractivity contribution in [1.82, 2.24) is 15.0 Å². The monoisotopic (exact) mass is 601 g/mol. The van der Waals surface area contributed by atoms with Crippen LogP contribution in [0.1, 0.15) is 25.0 Å². The molecule has 0 saturated heterocycles. The first-order chi connectivity index (χ1) is 23.0. The van der Waals surface area contributed by atoms with Crippen molar-refractivity contribution < 1.29 is 0 Å². The summed E-state index contributed by atoms with van der Waals surface area (Å²) in [7, 11) is 0. The van der Waals surface area contributed by atoms with Gasteiger partial charge in [0.2, 0.25) is 0 Å². The summed E-state index contributed by atoms with van der Waals surface area (Å²) in [5, 5.41) is 4.94. The molecule has 47 heavy (non-hydrogen) atoms. The molecule has 0 fully saturated rings. The van der Waals surface area contributed by atoms with Crippen molar-refractivity contribution in [2.75, 3.05) is 0 Å². The van der Waals surface area contributed by atoms with Crippen molar-refractivity contribution in [2.45, 2.75) is 19.3 Å². The highest BCUT2D eigenvalue weighted by Gasteiger charge is 2.35. The maximum absolute atomic E-state index is 5.22. The first-order valence-corrected chi connectivity index (χ1v) is 16.1. The molecule has 6 aromatic carbocycles. The van der Waals surface area contributed by atoms with Gasteiger partial charge in [-0.3, -0.25) is 4.98 Å². The van der Waals surface area contributed by atoms with Crippen molar-refractivity contribution in [3.8, 4) is 56.2 Å². The second-order valence-corrected chi connectivity index (χ2v) is 12.9. The molecule has 0 radical (unpaired) electrons. The molecule has 222 valence electrons. The van der Waals surface area contributed by atoms with Crippen LogP contribution < -0.4 is 0 Å². The van der Waals surface area contributed by atoms with E-state index in [0.717, 1.165) is 39.2 Å². The van der Waals surface area contributed by atoms with Gasteiger partial charge in [0.1, 0.15) is 0 Å². The van der Waals surface area contributed by atoms with E-state index in [1.165, 1.54) is 43.8 Å². The molecule has 0 spiro atoms. The van der Waals surface area contributed by atoms with E-state index in [1.807, 2.05) is 30.6 Å². The van der Waals surface area contributed by atoms with Crippen LogP contribution >= 0.6 is 0 Å². The van der Waals surface area contributed by atoms with Crippen molar-refractivity contribution in [3.63, 3.8) is 0 Å². The van der Waals surface area contributed by atoms with Gasteiger partial charge in [0.15, 0.2) is 5.82 Å². The largest absolute Gasteiger partial charge is 0.265 e. The fourth-order valence-corrected chi connectivity index (χ4v) is 7.36. The molecule has 0 N–H and O–H groups in total. The normalized spacial score (nSPS) is 13.1. The highest BCUT2D eigenvalue weighted by atomic mass is 14.9. The molecule has 8 aromatic rings. The molecule has 3 nitrogen and oxygen atoms in total. The third-order valence-corrected chi connectivity index (χ3v) is 9.79. The minimum atomic E-state index is -0.0201. The van der Waals surface area contributed by atoms with Crippen LogP contribution in [-0.4, -0.2) is 15.0 Å². The zero-order valence-corrected chi connectivity index (χ0v) is 26.3. The molecule has 0 bridgehead atoms. The molecule has 9 rings (SSSR count). The van der Waals surface area contributed by atoms with E-state index >= 15 is 0 Å². The van der Waals surface area contributed by atoms with Crippen molar-refractivity contribution >= 4 is 21.5 Å². The van der Waals surface area contributed by atoms with Gasteiger partial charge in [-0.2, -0.15) is 0 Å². The van der Waals surface area contributed by atoms with Gasteiger partial charge in [0.25, 0.3) is 0 Å². The van der Waals surface area contributed by atoms with Crippen LogP contribution in [0.2, 0.25) is 0 Å². The van der Waals surface area contributed by atoms with Crippen molar-refractivity contribution in [2.24, 2.45) is 0 Å². The lowest BCUT2D eigenvalue weighted by molar-refractivity contribution is 0.661. The van der Waals surface area contributed by atoms with Crippen molar-refractivity contribution in [3.05, 3.63) is 163 Å². The zero-order chi connectivity index (χ0) is 31.5. The third-order valence-electron chi connectivity index (χ3n) is 9.79. The van der Waals surface area contributed by atoms with E-state index in [9.17, 15) is 0 Å². The van der Waals surface area contributed by atoms with E-state index in [0.29, 0.717) is 5.82 Å². The predicted octanol–water partition coefficient (Wildman–Crippen LogP) is 11.2. The average molecular weight is 602 g/mol. The summed E-state index contributed by atoms with van der Waals surface area (Å²) in [6, 6.07) is 49.8. The molecule has 3 heteroatoms. The average Bonchev–Trinajstić information content (AvgIpc) is 3.36. The van der Waals surface area contributed by atoms with Gasteiger partial charge in [-0.25, -0.2) is 9.97 Å². The first kappa shape index (κ1) is 27.4. The SMILES string of the molecule is CC1(C)c2ccccc2-c2cc3c(ccc4cc(-c5nc(-c6ccccc6)cc(-c6ccccc6-c6ccncc6)n5)ccc43)cc21. The highest BCUT2D eigenvalue weighted by molar-refractivity contribution is 6.10. The van der Waals surface area contributed by atoms with Crippen LogP contribution in [0.4, 0.5) is 0 Å². The Bertz CT molecular complexity index is 2480. The molecular formula is C44H31N3. The second kappa shape index (κ2) is 10.6. The number of nitrogens with zero attached hydrogens (tertiary/aromatic N) is 3. The number of rotatable bonds is 4. The second-order valence-electron chi connectivity index (χ2n) is 12.9. The van der Waals surface area contributed by atoms with Gasteiger partial charge in [-0.05, 0) is 91.3 Å². The van der Waals surface area contributed by atoms with Crippen LogP contribution in [0.15, 0.2) is 152 Å². The van der Waals surface area contributed by atoms with Crippen LogP contribution in [0.5, 0.6) is 0 Å². The maximum atomic E-state index is 5.22. The number of fused-ring (bicyclic) bond motifs is 6. The minimum absolute atomic E-state index is 0.0201. The molecule has 1 aliphatic rings. The smallest absolute Gasteiger partial charge is 0.160 e. The summed E-state index contributed by atoms with van der Waals surface area (Å²) in [6.45, 7) is 4.67. The Hall–Kier alpha value is -5.93. The Morgan fingerprint density at radius 2 is 1.11 bits per heavy atom. The molecular weight excluding hydrogens is 571 g/mol. The first-order valence-electron chi connectivity index (χ1n) is 16.1. The minimum Gasteiger partial charge on any atom is -0.265 e. The summed E-state index contributed by atoms with van der Waals surface area (Å²) >= 11 is 0. The molecule has 2 heterocycles. The Morgan fingerprint density at radius 1 is 0.426 bits per heavy atom. The number of pyridine rings is 1. The lowest BCUT2D eigenvalue weighted by atomic mass is 9.81. The Kier molecular flexibility index (Phi) is 6.16. The van der Waals surface area contributed by atoms with Gasteiger partial charge >= 0.3 is 0 Å². The van der Waals surface area contributed by atoms with E-state index in [4.69, 9.17) is 9.97 Å². The van der Waals surface area contributed by atoms with Crippen LogP contribution in [0.25, 0.3) is 77.7 Å². The van der Waals surface area contributed by atoms with Gasteiger partial charge < -0.3 is 0 Å². The lowest BCUT2D eigenvalue weighted by Gasteiger charge is -2.21. The zero-order valence-electron chi connectivity index (χ0n) is 26.3. The van der Waals surface area contributed by atoms with Crippen LogP contribution in [0, 0.1) is 0 Å². The van der Waals surface area contributed by atoms with E-state index in [-0.39, 0.29) is 5.41 Å². The number of hydrogen-bond donors (Lipinski definition) is 0. The fraction of sp³-hybridized carbons (Fsp3) is 0.0682. The molecule has 1 aliphatic carbocycles. The molecule has 0 unspecified atom stereocenters.